The Balaban J connectivity index is 1.73. The molecular weight excluding hydrogens is 200 g/mol. The van der Waals surface area contributed by atoms with E-state index in [4.69, 9.17) is 5.73 Å². The lowest BCUT2D eigenvalue weighted by Crippen LogP contribution is -2.22. The molecule has 0 saturated carbocycles. The lowest BCUT2D eigenvalue weighted by atomic mass is 10.3. The maximum absolute atomic E-state index is 5.56. The molecule has 0 amide bonds. The Morgan fingerprint density at radius 2 is 2.06 bits per heavy atom. The van der Waals surface area contributed by atoms with Crippen LogP contribution < -0.4 is 5.73 Å². The molecule has 16 heavy (non-hydrogen) atoms. The Bertz CT molecular complexity index is 302. The van der Waals surface area contributed by atoms with Crippen LogP contribution in [0.1, 0.15) is 25.1 Å². The maximum atomic E-state index is 5.56. The summed E-state index contributed by atoms with van der Waals surface area (Å²) in [5.74, 6) is 1.13. The van der Waals surface area contributed by atoms with Gasteiger partial charge in [0.25, 0.3) is 0 Å². The molecule has 0 spiro atoms. The number of nitrogens with zero attached hydrogens (tertiary/aromatic N) is 3. The van der Waals surface area contributed by atoms with E-state index in [1.807, 2.05) is 6.20 Å². The zero-order valence-electron chi connectivity index (χ0n) is 9.94. The van der Waals surface area contributed by atoms with Crippen molar-refractivity contribution >= 4 is 0 Å². The van der Waals surface area contributed by atoms with Crippen LogP contribution in [0.3, 0.4) is 0 Å². The van der Waals surface area contributed by atoms with Crippen LogP contribution in [0, 0.1) is 0 Å². The highest BCUT2D eigenvalue weighted by Gasteiger charge is 2.10. The summed E-state index contributed by atoms with van der Waals surface area (Å²) in [5.41, 5.74) is 5.56. The van der Waals surface area contributed by atoms with E-state index in [2.05, 4.69) is 20.6 Å². The van der Waals surface area contributed by atoms with Crippen LogP contribution in [0.2, 0.25) is 0 Å². The van der Waals surface area contributed by atoms with Gasteiger partial charge < -0.3 is 15.2 Å². The third kappa shape index (κ3) is 3.06. The van der Waals surface area contributed by atoms with E-state index in [-0.39, 0.29) is 0 Å². The number of hydrogen-bond donors (Lipinski definition) is 1. The molecule has 1 fully saturated rings. The van der Waals surface area contributed by atoms with Gasteiger partial charge in [0.1, 0.15) is 5.82 Å². The van der Waals surface area contributed by atoms with Gasteiger partial charge in [0.2, 0.25) is 0 Å². The van der Waals surface area contributed by atoms with Crippen molar-refractivity contribution in [2.45, 2.75) is 32.2 Å². The second-order valence-electron chi connectivity index (χ2n) is 4.48. The molecule has 1 aliphatic rings. The van der Waals surface area contributed by atoms with Gasteiger partial charge in [-0.3, -0.25) is 0 Å². The van der Waals surface area contributed by atoms with Gasteiger partial charge >= 0.3 is 0 Å². The van der Waals surface area contributed by atoms with Crippen molar-refractivity contribution in [2.24, 2.45) is 5.73 Å². The van der Waals surface area contributed by atoms with Crippen molar-refractivity contribution < 1.29 is 0 Å². The second-order valence-corrected chi connectivity index (χ2v) is 4.48. The van der Waals surface area contributed by atoms with Crippen LogP contribution in [-0.2, 0) is 13.0 Å². The molecule has 0 aromatic carbocycles. The average molecular weight is 222 g/mol. The van der Waals surface area contributed by atoms with Crippen LogP contribution in [-0.4, -0.2) is 40.6 Å². The van der Waals surface area contributed by atoms with E-state index in [1.165, 1.54) is 38.9 Å². The monoisotopic (exact) mass is 222 g/mol. The van der Waals surface area contributed by atoms with Crippen LogP contribution in [0.5, 0.6) is 0 Å². The summed E-state index contributed by atoms with van der Waals surface area (Å²) < 4.78 is 2.24. The number of nitrogens with two attached hydrogens (primary N) is 1. The number of likely N-dealkylation sites (tertiary alicyclic amines) is 1. The summed E-state index contributed by atoms with van der Waals surface area (Å²) in [6, 6.07) is 0. The van der Waals surface area contributed by atoms with Crippen molar-refractivity contribution in [1.82, 2.24) is 14.5 Å². The Morgan fingerprint density at radius 1 is 1.25 bits per heavy atom. The highest BCUT2D eigenvalue weighted by molar-refractivity contribution is 4.92. The first-order valence-electron chi connectivity index (χ1n) is 6.32. The van der Waals surface area contributed by atoms with Gasteiger partial charge in [0.05, 0.1) is 0 Å². The molecule has 1 aromatic rings. The van der Waals surface area contributed by atoms with Crippen molar-refractivity contribution in [1.29, 1.82) is 0 Å². The van der Waals surface area contributed by atoms with Gasteiger partial charge in [0.15, 0.2) is 0 Å². The molecule has 2 heterocycles. The third-order valence-corrected chi connectivity index (χ3v) is 3.24. The molecule has 1 aromatic heterocycles. The molecule has 90 valence electrons. The number of aryl methyl sites for hydroxylation is 1. The zero-order valence-corrected chi connectivity index (χ0v) is 9.94. The Labute approximate surface area is 97.4 Å². The predicted octanol–water partition coefficient (Wildman–Crippen LogP) is 0.870. The number of rotatable bonds is 6. The van der Waals surface area contributed by atoms with E-state index in [0.717, 1.165) is 18.8 Å². The number of hydrogen-bond acceptors (Lipinski definition) is 3. The molecule has 0 atom stereocenters. The van der Waals surface area contributed by atoms with E-state index >= 15 is 0 Å². The summed E-state index contributed by atoms with van der Waals surface area (Å²) in [7, 11) is 0. The molecule has 4 nitrogen and oxygen atoms in total. The summed E-state index contributed by atoms with van der Waals surface area (Å²) in [6.07, 6.45) is 8.80. The van der Waals surface area contributed by atoms with Crippen molar-refractivity contribution in [2.75, 3.05) is 26.2 Å². The first-order chi connectivity index (χ1) is 7.90. The molecule has 1 saturated heterocycles. The van der Waals surface area contributed by atoms with Crippen molar-refractivity contribution in [3.05, 3.63) is 18.2 Å². The lowest BCUT2D eigenvalue weighted by Gasteiger charge is -2.14. The fraction of sp³-hybridized carbons (Fsp3) is 0.750. The quantitative estimate of drug-likeness (QED) is 0.777. The van der Waals surface area contributed by atoms with Crippen molar-refractivity contribution in [3.8, 4) is 0 Å². The maximum Gasteiger partial charge on any atom is 0.109 e. The molecule has 2 N–H and O–H groups in total. The number of imidazole rings is 1. The minimum Gasteiger partial charge on any atom is -0.335 e. The van der Waals surface area contributed by atoms with Gasteiger partial charge in [-0.2, -0.15) is 0 Å². The topological polar surface area (TPSA) is 47.1 Å². The van der Waals surface area contributed by atoms with Crippen molar-refractivity contribution in [3.63, 3.8) is 0 Å². The van der Waals surface area contributed by atoms with E-state index in [0.29, 0.717) is 6.54 Å². The summed E-state index contributed by atoms with van der Waals surface area (Å²) >= 11 is 0. The SMILES string of the molecule is NCCc1nccn1CCCN1CCCC1. The predicted molar refractivity (Wildman–Crippen MR) is 65.3 cm³/mol. The van der Waals surface area contributed by atoms with E-state index < -0.39 is 0 Å². The summed E-state index contributed by atoms with van der Waals surface area (Å²) in [6.45, 7) is 5.56. The second kappa shape index (κ2) is 6.01. The van der Waals surface area contributed by atoms with Crippen LogP contribution in [0.15, 0.2) is 12.4 Å². The van der Waals surface area contributed by atoms with Crippen LogP contribution >= 0.6 is 0 Å². The molecule has 2 rings (SSSR count). The molecule has 0 bridgehead atoms. The normalized spacial score (nSPS) is 17.1. The number of aromatic nitrogens is 2. The highest BCUT2D eigenvalue weighted by Crippen LogP contribution is 2.08. The minimum atomic E-state index is 0.684. The highest BCUT2D eigenvalue weighted by atomic mass is 15.1. The summed E-state index contributed by atoms with van der Waals surface area (Å²) in [4.78, 5) is 6.88. The van der Waals surface area contributed by atoms with Gasteiger partial charge in [-0.05, 0) is 45.4 Å². The third-order valence-electron chi connectivity index (χ3n) is 3.24. The standard InChI is InChI=1S/C12H22N4/c13-5-4-12-14-6-11-16(12)10-3-9-15-7-1-2-8-15/h6,11H,1-5,7-10,13H2. The molecule has 4 heteroatoms. The average Bonchev–Trinajstić information content (AvgIpc) is 2.91. The molecule has 1 aliphatic heterocycles. The molecule has 0 unspecified atom stereocenters. The molecular formula is C12H22N4. The minimum absolute atomic E-state index is 0.684. The lowest BCUT2D eigenvalue weighted by molar-refractivity contribution is 0.324. The van der Waals surface area contributed by atoms with Gasteiger partial charge in [0, 0.05) is 25.4 Å². The van der Waals surface area contributed by atoms with Gasteiger partial charge in [-0.25, -0.2) is 4.98 Å². The Kier molecular flexibility index (Phi) is 4.36. The Hall–Kier alpha value is -0.870. The Morgan fingerprint density at radius 3 is 2.81 bits per heavy atom. The first kappa shape index (κ1) is 11.6. The van der Waals surface area contributed by atoms with Crippen LogP contribution in [0.25, 0.3) is 0 Å². The van der Waals surface area contributed by atoms with Gasteiger partial charge in [-0.15, -0.1) is 0 Å². The fourth-order valence-corrected chi connectivity index (χ4v) is 2.37. The molecule has 0 aliphatic carbocycles. The van der Waals surface area contributed by atoms with E-state index in [9.17, 15) is 0 Å². The first-order valence-corrected chi connectivity index (χ1v) is 6.32. The summed E-state index contributed by atoms with van der Waals surface area (Å²) in [5, 5.41) is 0. The van der Waals surface area contributed by atoms with Crippen LogP contribution in [0.4, 0.5) is 0 Å². The largest absolute Gasteiger partial charge is 0.335 e. The zero-order chi connectivity index (χ0) is 11.2. The van der Waals surface area contributed by atoms with Gasteiger partial charge in [-0.1, -0.05) is 0 Å². The van der Waals surface area contributed by atoms with E-state index in [1.54, 1.807) is 0 Å². The fourth-order valence-electron chi connectivity index (χ4n) is 2.37. The molecule has 0 radical (unpaired) electrons. The smallest absolute Gasteiger partial charge is 0.109 e.